The molecule has 4 N–H and O–H groups in total. The Balaban J connectivity index is 2.83. The number of nitrogens with zero attached hydrogens (tertiary/aromatic N) is 2. The van der Waals surface area contributed by atoms with Crippen LogP contribution in [-0.2, 0) is 6.54 Å². The van der Waals surface area contributed by atoms with Gasteiger partial charge in [0.15, 0.2) is 5.84 Å². The summed E-state index contributed by atoms with van der Waals surface area (Å²) in [6.07, 6.45) is 0. The summed E-state index contributed by atoms with van der Waals surface area (Å²) < 4.78 is 0. The van der Waals surface area contributed by atoms with Gasteiger partial charge in [0.1, 0.15) is 0 Å². The maximum Gasteiger partial charge on any atom is 0.170 e. The van der Waals surface area contributed by atoms with Crippen molar-refractivity contribution in [1.82, 2.24) is 4.90 Å². The summed E-state index contributed by atoms with van der Waals surface area (Å²) in [6.45, 7) is 3.54. The number of likely N-dealkylation sites (N-methyl/N-ethyl adjacent to an activating group) is 1. The molecule has 0 fully saturated rings. The fourth-order valence-electron chi connectivity index (χ4n) is 1.63. The van der Waals surface area contributed by atoms with Gasteiger partial charge in [-0.2, -0.15) is 0 Å². The molecule has 0 heterocycles. The molecule has 1 aromatic rings. The molecule has 0 spiro atoms. The summed E-state index contributed by atoms with van der Waals surface area (Å²) in [4.78, 5) is 2.03. The summed E-state index contributed by atoms with van der Waals surface area (Å²) in [5, 5.41) is 20.4. The van der Waals surface area contributed by atoms with E-state index in [4.69, 9.17) is 16.0 Å². The van der Waals surface area contributed by atoms with Crippen LogP contribution in [0.4, 0.5) is 0 Å². The molecule has 0 saturated heterocycles. The third kappa shape index (κ3) is 3.72. The Morgan fingerprint density at radius 1 is 1.47 bits per heavy atom. The molecule has 1 aromatic carbocycles. The standard InChI is InChI=1S/C12H19N3O2/c1-9-7-10(12(13)14-17)3-4-11(9)8-15(2)5-6-16/h3-4,7,16-17H,5-6,8H2,1-2H3,(H2,13,14). The Hall–Kier alpha value is -1.59. The van der Waals surface area contributed by atoms with Crippen LogP contribution in [0.1, 0.15) is 16.7 Å². The molecule has 94 valence electrons. The zero-order chi connectivity index (χ0) is 12.8. The van der Waals surface area contributed by atoms with Gasteiger partial charge in [0.05, 0.1) is 6.61 Å². The van der Waals surface area contributed by atoms with Gasteiger partial charge in [0.25, 0.3) is 0 Å². The Kier molecular flexibility index (Phi) is 4.93. The van der Waals surface area contributed by atoms with E-state index in [1.54, 1.807) is 0 Å². The number of hydrogen-bond donors (Lipinski definition) is 3. The van der Waals surface area contributed by atoms with Gasteiger partial charge >= 0.3 is 0 Å². The maximum absolute atomic E-state index is 8.83. The molecule has 1 rings (SSSR count). The van der Waals surface area contributed by atoms with E-state index in [0.717, 1.165) is 17.7 Å². The maximum atomic E-state index is 8.83. The van der Waals surface area contributed by atoms with Gasteiger partial charge in [-0.3, -0.25) is 4.90 Å². The van der Waals surface area contributed by atoms with Crippen LogP contribution in [0.3, 0.4) is 0 Å². The lowest BCUT2D eigenvalue weighted by molar-refractivity contribution is 0.217. The van der Waals surface area contributed by atoms with Crippen molar-refractivity contribution in [2.75, 3.05) is 20.2 Å². The molecule has 0 amide bonds. The smallest absolute Gasteiger partial charge is 0.170 e. The number of nitrogens with two attached hydrogens (primary N) is 1. The molecule has 0 unspecified atom stereocenters. The van der Waals surface area contributed by atoms with E-state index in [1.807, 2.05) is 37.1 Å². The van der Waals surface area contributed by atoms with Gasteiger partial charge in [0.2, 0.25) is 0 Å². The van der Waals surface area contributed by atoms with E-state index in [1.165, 1.54) is 0 Å². The molecule has 0 aliphatic carbocycles. The molecule has 5 heteroatoms. The highest BCUT2D eigenvalue weighted by molar-refractivity contribution is 5.97. The quantitative estimate of drug-likeness (QED) is 0.302. The fourth-order valence-corrected chi connectivity index (χ4v) is 1.63. The lowest BCUT2D eigenvalue weighted by atomic mass is 10.0. The number of aliphatic hydroxyl groups is 1. The van der Waals surface area contributed by atoms with E-state index >= 15 is 0 Å². The summed E-state index contributed by atoms with van der Waals surface area (Å²) in [7, 11) is 1.95. The zero-order valence-corrected chi connectivity index (χ0v) is 10.2. The topological polar surface area (TPSA) is 82.1 Å². The van der Waals surface area contributed by atoms with Gasteiger partial charge in [-0.15, -0.1) is 0 Å². The monoisotopic (exact) mass is 237 g/mol. The van der Waals surface area contributed by atoms with E-state index in [0.29, 0.717) is 12.1 Å². The van der Waals surface area contributed by atoms with Gasteiger partial charge in [-0.05, 0) is 31.2 Å². The highest BCUT2D eigenvalue weighted by Crippen LogP contribution is 2.12. The molecule has 17 heavy (non-hydrogen) atoms. The Labute approximate surface area is 101 Å². The van der Waals surface area contributed by atoms with E-state index in [2.05, 4.69) is 5.16 Å². The third-order valence-electron chi connectivity index (χ3n) is 2.67. The SMILES string of the molecule is Cc1cc(/C(N)=N/O)ccc1CN(C)CCO. The number of aliphatic hydroxyl groups excluding tert-OH is 1. The van der Waals surface area contributed by atoms with E-state index in [9.17, 15) is 0 Å². The van der Waals surface area contributed by atoms with Crippen LogP contribution in [0.15, 0.2) is 23.4 Å². The number of oxime groups is 1. The molecule has 0 aliphatic rings. The van der Waals surface area contributed by atoms with Crippen molar-refractivity contribution in [3.8, 4) is 0 Å². The first-order valence-corrected chi connectivity index (χ1v) is 5.45. The Bertz CT molecular complexity index is 405. The molecule has 0 aliphatic heterocycles. The third-order valence-corrected chi connectivity index (χ3v) is 2.67. The lowest BCUT2D eigenvalue weighted by Crippen LogP contribution is -2.22. The zero-order valence-electron chi connectivity index (χ0n) is 10.2. The van der Waals surface area contributed by atoms with Crippen molar-refractivity contribution in [3.63, 3.8) is 0 Å². The van der Waals surface area contributed by atoms with Gasteiger partial charge in [0, 0.05) is 18.7 Å². The van der Waals surface area contributed by atoms with E-state index in [-0.39, 0.29) is 12.4 Å². The van der Waals surface area contributed by atoms with Crippen LogP contribution < -0.4 is 5.73 Å². The fraction of sp³-hybridized carbons (Fsp3) is 0.417. The van der Waals surface area contributed by atoms with Crippen LogP contribution in [-0.4, -0.2) is 41.2 Å². The van der Waals surface area contributed by atoms with Crippen LogP contribution >= 0.6 is 0 Å². The predicted octanol–water partition coefficient (Wildman–Crippen LogP) is 0.514. The minimum Gasteiger partial charge on any atom is -0.409 e. The van der Waals surface area contributed by atoms with Gasteiger partial charge in [-0.25, -0.2) is 0 Å². The molecule has 0 saturated carbocycles. The Morgan fingerprint density at radius 2 is 2.18 bits per heavy atom. The second-order valence-corrected chi connectivity index (χ2v) is 4.09. The van der Waals surface area contributed by atoms with Crippen LogP contribution in [0.5, 0.6) is 0 Å². The van der Waals surface area contributed by atoms with Gasteiger partial charge in [-0.1, -0.05) is 17.3 Å². The first-order valence-electron chi connectivity index (χ1n) is 5.45. The first-order chi connectivity index (χ1) is 8.08. The van der Waals surface area contributed by atoms with Crippen molar-refractivity contribution >= 4 is 5.84 Å². The number of amidine groups is 1. The molecular weight excluding hydrogens is 218 g/mol. The average molecular weight is 237 g/mol. The number of hydrogen-bond acceptors (Lipinski definition) is 4. The lowest BCUT2D eigenvalue weighted by Gasteiger charge is -2.17. The molecule has 5 nitrogen and oxygen atoms in total. The second kappa shape index (κ2) is 6.22. The van der Waals surface area contributed by atoms with Crippen LogP contribution in [0.25, 0.3) is 0 Å². The summed E-state index contributed by atoms with van der Waals surface area (Å²) in [5.41, 5.74) is 8.47. The largest absolute Gasteiger partial charge is 0.409 e. The predicted molar refractivity (Wildman–Crippen MR) is 67.1 cm³/mol. The second-order valence-electron chi connectivity index (χ2n) is 4.09. The van der Waals surface area contributed by atoms with Crippen molar-refractivity contribution in [2.24, 2.45) is 10.9 Å². The Morgan fingerprint density at radius 3 is 2.71 bits per heavy atom. The van der Waals surface area contributed by atoms with E-state index < -0.39 is 0 Å². The molecule has 0 atom stereocenters. The van der Waals surface area contributed by atoms with Crippen LogP contribution in [0.2, 0.25) is 0 Å². The van der Waals surface area contributed by atoms with Crippen molar-refractivity contribution in [2.45, 2.75) is 13.5 Å². The van der Waals surface area contributed by atoms with Crippen molar-refractivity contribution < 1.29 is 10.3 Å². The summed E-state index contributed by atoms with van der Waals surface area (Å²) >= 11 is 0. The first kappa shape index (κ1) is 13.5. The normalized spacial score (nSPS) is 12.1. The number of aryl methyl sites for hydroxylation is 1. The summed E-state index contributed by atoms with van der Waals surface area (Å²) in [5.74, 6) is 0.114. The minimum atomic E-state index is 0.114. The molecular formula is C12H19N3O2. The minimum absolute atomic E-state index is 0.114. The molecule has 0 radical (unpaired) electrons. The highest BCUT2D eigenvalue weighted by atomic mass is 16.4. The van der Waals surface area contributed by atoms with Gasteiger partial charge < -0.3 is 16.0 Å². The van der Waals surface area contributed by atoms with Crippen molar-refractivity contribution in [1.29, 1.82) is 0 Å². The van der Waals surface area contributed by atoms with Crippen molar-refractivity contribution in [3.05, 3.63) is 34.9 Å². The number of benzene rings is 1. The number of rotatable bonds is 5. The average Bonchev–Trinajstić information content (AvgIpc) is 2.31. The highest BCUT2D eigenvalue weighted by Gasteiger charge is 2.05. The summed E-state index contributed by atoms with van der Waals surface area (Å²) in [6, 6.07) is 5.66. The van der Waals surface area contributed by atoms with Crippen LogP contribution in [0, 0.1) is 6.92 Å². The molecule has 0 bridgehead atoms. The molecule has 0 aromatic heterocycles.